The predicted octanol–water partition coefficient (Wildman–Crippen LogP) is 3.44. The first kappa shape index (κ1) is 23.0. The molecule has 1 aromatic heterocycles. The molecule has 3 aliphatic rings. The molecule has 4 rings (SSSR count). The minimum absolute atomic E-state index is 0. The van der Waals surface area contributed by atoms with Gasteiger partial charge in [-0.2, -0.15) is 0 Å². The fourth-order valence-corrected chi connectivity index (χ4v) is 3.83. The molecule has 9 heteroatoms. The van der Waals surface area contributed by atoms with Gasteiger partial charge < -0.3 is 20.7 Å². The summed E-state index contributed by atoms with van der Waals surface area (Å²) in [5.74, 6) is 2.95. The number of ether oxygens (including phenoxy) is 1. The summed E-state index contributed by atoms with van der Waals surface area (Å²) in [6, 6.07) is 2.77. The number of anilines is 1. The highest BCUT2D eigenvalue weighted by atomic mass is 35.5. The Balaban J connectivity index is 0.00000140. The molecule has 0 spiro atoms. The number of carbonyl (C=O) groups is 1. The molecule has 1 amide bonds. The normalized spacial score (nSPS) is 24.4. The fourth-order valence-electron chi connectivity index (χ4n) is 3.83. The largest absolute Gasteiger partial charge is 0.450 e. The van der Waals surface area contributed by atoms with E-state index in [-0.39, 0.29) is 30.9 Å². The van der Waals surface area contributed by atoms with E-state index in [1.54, 1.807) is 4.90 Å². The number of nitrogens with two attached hydrogens (primary N) is 1. The van der Waals surface area contributed by atoms with Crippen molar-refractivity contribution < 1.29 is 9.53 Å². The number of piperidine rings is 1. The van der Waals surface area contributed by atoms with Gasteiger partial charge in [0.25, 0.3) is 0 Å². The van der Waals surface area contributed by atoms with Crippen LogP contribution in [0.1, 0.15) is 68.8 Å². The molecule has 2 saturated carbocycles. The van der Waals surface area contributed by atoms with Crippen molar-refractivity contribution in [3.8, 4) is 0 Å². The zero-order valence-electron chi connectivity index (χ0n) is 16.3. The van der Waals surface area contributed by atoms with Gasteiger partial charge in [0.2, 0.25) is 0 Å². The Labute approximate surface area is 179 Å². The zero-order valence-corrected chi connectivity index (χ0v) is 17.9. The molecule has 3 N–H and O–H groups in total. The van der Waals surface area contributed by atoms with Crippen molar-refractivity contribution >= 4 is 36.7 Å². The van der Waals surface area contributed by atoms with E-state index in [0.29, 0.717) is 30.5 Å². The molecule has 0 radical (unpaired) electrons. The Morgan fingerprint density at radius 2 is 1.86 bits per heavy atom. The number of hydrogen-bond acceptors (Lipinski definition) is 6. The van der Waals surface area contributed by atoms with Crippen LogP contribution in [0, 0.1) is 0 Å². The topological polar surface area (TPSA) is 93.4 Å². The maximum atomic E-state index is 11.8. The van der Waals surface area contributed by atoms with Gasteiger partial charge in [-0.3, -0.25) is 0 Å². The van der Waals surface area contributed by atoms with Crippen molar-refractivity contribution in [2.45, 2.75) is 69.4 Å². The van der Waals surface area contributed by atoms with Crippen LogP contribution in [0.3, 0.4) is 0 Å². The van der Waals surface area contributed by atoms with E-state index in [0.717, 1.165) is 56.1 Å². The number of amides is 1. The minimum atomic E-state index is -0.201. The smallest absolute Gasteiger partial charge is 0.409 e. The van der Waals surface area contributed by atoms with Crippen molar-refractivity contribution in [1.82, 2.24) is 14.9 Å². The summed E-state index contributed by atoms with van der Waals surface area (Å²) in [6.07, 6.45) is 6.07. The number of halogens is 2. The first-order chi connectivity index (χ1) is 12.6. The summed E-state index contributed by atoms with van der Waals surface area (Å²) in [7, 11) is 0. The first-order valence-corrected chi connectivity index (χ1v) is 9.95. The van der Waals surface area contributed by atoms with Crippen molar-refractivity contribution in [2.24, 2.45) is 5.73 Å². The average molecular weight is 432 g/mol. The van der Waals surface area contributed by atoms with Gasteiger partial charge in [-0.1, -0.05) is 0 Å². The number of likely N-dealkylation sites (tertiary alicyclic amines) is 1. The number of hydrogen-bond donors (Lipinski definition) is 2. The minimum Gasteiger partial charge on any atom is -0.450 e. The lowest BCUT2D eigenvalue weighted by molar-refractivity contribution is 0.0983. The van der Waals surface area contributed by atoms with Gasteiger partial charge in [0, 0.05) is 48.8 Å². The van der Waals surface area contributed by atoms with Crippen LogP contribution >= 0.6 is 24.8 Å². The lowest BCUT2D eigenvalue weighted by atomic mass is 9.78. The molecular formula is C19H31Cl2N5O2. The number of aromatic nitrogens is 2. The summed E-state index contributed by atoms with van der Waals surface area (Å²) in [4.78, 5) is 23.2. The van der Waals surface area contributed by atoms with Crippen LogP contribution in [0.2, 0.25) is 0 Å². The van der Waals surface area contributed by atoms with Crippen molar-refractivity contribution in [3.63, 3.8) is 0 Å². The average Bonchev–Trinajstić information content (AvgIpc) is 3.45. The predicted molar refractivity (Wildman–Crippen MR) is 114 cm³/mol. The second-order valence-corrected chi connectivity index (χ2v) is 7.84. The number of nitrogens with zero attached hydrogens (tertiary/aromatic N) is 3. The monoisotopic (exact) mass is 431 g/mol. The van der Waals surface area contributed by atoms with E-state index >= 15 is 0 Å². The maximum Gasteiger partial charge on any atom is 0.409 e. The Morgan fingerprint density at radius 1 is 1.18 bits per heavy atom. The van der Waals surface area contributed by atoms with Crippen LogP contribution in [0.25, 0.3) is 0 Å². The molecule has 0 unspecified atom stereocenters. The highest BCUT2D eigenvalue weighted by Crippen LogP contribution is 2.41. The highest BCUT2D eigenvalue weighted by Gasteiger charge is 2.32. The molecule has 0 aromatic carbocycles. The van der Waals surface area contributed by atoms with Gasteiger partial charge in [-0.25, -0.2) is 14.8 Å². The van der Waals surface area contributed by atoms with Gasteiger partial charge in [0.1, 0.15) is 11.6 Å². The van der Waals surface area contributed by atoms with E-state index in [9.17, 15) is 4.79 Å². The first-order valence-electron chi connectivity index (χ1n) is 9.95. The molecule has 0 atom stereocenters. The van der Waals surface area contributed by atoms with E-state index in [4.69, 9.17) is 20.4 Å². The Hall–Kier alpha value is -1.31. The molecular weight excluding hydrogens is 401 g/mol. The zero-order chi connectivity index (χ0) is 18.1. The number of carbonyl (C=O) groups excluding carboxylic acids is 1. The fraction of sp³-hybridized carbons (Fsp3) is 0.737. The van der Waals surface area contributed by atoms with Gasteiger partial charge in [0.15, 0.2) is 0 Å². The summed E-state index contributed by atoms with van der Waals surface area (Å²) in [5, 5.41) is 3.59. The third-order valence-corrected chi connectivity index (χ3v) is 5.67. The second kappa shape index (κ2) is 9.94. The van der Waals surface area contributed by atoms with Gasteiger partial charge >= 0.3 is 6.09 Å². The lowest BCUT2D eigenvalue weighted by Gasteiger charge is -2.33. The Morgan fingerprint density at radius 3 is 2.43 bits per heavy atom. The van der Waals surface area contributed by atoms with Crippen LogP contribution in [0.15, 0.2) is 6.07 Å². The number of rotatable bonds is 5. The molecule has 158 valence electrons. The summed E-state index contributed by atoms with van der Waals surface area (Å²) in [6.45, 7) is 3.71. The summed E-state index contributed by atoms with van der Waals surface area (Å²) < 4.78 is 5.09. The SMILES string of the molecule is CCOC(=O)N1CCC(Nc2cc(C3CC(N)C3)nc(C3CC3)n2)CC1.Cl.Cl. The maximum absolute atomic E-state index is 11.8. The highest BCUT2D eigenvalue weighted by molar-refractivity contribution is 5.85. The molecule has 7 nitrogen and oxygen atoms in total. The van der Waals surface area contributed by atoms with Gasteiger partial charge in [-0.05, 0) is 45.4 Å². The van der Waals surface area contributed by atoms with Gasteiger partial charge in [0.05, 0.1) is 6.61 Å². The van der Waals surface area contributed by atoms with Crippen molar-refractivity contribution in [1.29, 1.82) is 0 Å². The van der Waals surface area contributed by atoms with Crippen LogP contribution in [0.4, 0.5) is 10.6 Å². The van der Waals surface area contributed by atoms with E-state index in [2.05, 4.69) is 11.4 Å². The number of nitrogens with one attached hydrogen (secondary N) is 1. The Kier molecular flexibility index (Phi) is 8.16. The van der Waals surface area contributed by atoms with Crippen LogP contribution in [0.5, 0.6) is 0 Å². The van der Waals surface area contributed by atoms with Crippen molar-refractivity contribution in [2.75, 3.05) is 25.0 Å². The van der Waals surface area contributed by atoms with Crippen molar-refractivity contribution in [3.05, 3.63) is 17.6 Å². The van der Waals surface area contributed by atoms with Crippen LogP contribution in [-0.2, 0) is 4.74 Å². The molecule has 2 heterocycles. The van der Waals surface area contributed by atoms with Crippen LogP contribution < -0.4 is 11.1 Å². The quantitative estimate of drug-likeness (QED) is 0.741. The van der Waals surface area contributed by atoms with E-state index < -0.39 is 0 Å². The molecule has 1 aliphatic heterocycles. The molecule has 28 heavy (non-hydrogen) atoms. The third-order valence-electron chi connectivity index (χ3n) is 5.67. The second-order valence-electron chi connectivity index (χ2n) is 7.84. The molecule has 1 aromatic rings. The third kappa shape index (κ3) is 5.39. The molecule has 1 saturated heterocycles. The molecule has 3 fully saturated rings. The van der Waals surface area contributed by atoms with Crippen LogP contribution in [-0.4, -0.2) is 52.7 Å². The standard InChI is InChI=1S/C19H29N5O2.2ClH/c1-2-26-19(25)24-7-5-15(6-8-24)21-17-11-16(13-9-14(20)10-13)22-18(23-17)12-3-4-12;;/h11-15H,2-10,20H2,1H3,(H,21,22,23);2*1H. The molecule has 2 aliphatic carbocycles. The van der Waals surface area contributed by atoms with Gasteiger partial charge in [-0.15, -0.1) is 24.8 Å². The Bertz CT molecular complexity index is 660. The van der Waals surface area contributed by atoms with E-state index in [1.165, 1.54) is 12.8 Å². The summed E-state index contributed by atoms with van der Waals surface area (Å²) >= 11 is 0. The molecule has 0 bridgehead atoms. The van der Waals surface area contributed by atoms with E-state index in [1.807, 2.05) is 6.92 Å². The summed E-state index contributed by atoms with van der Waals surface area (Å²) in [5.41, 5.74) is 7.11. The lowest BCUT2D eigenvalue weighted by Crippen LogP contribution is -2.42.